The van der Waals surface area contributed by atoms with Crippen molar-refractivity contribution in [3.63, 3.8) is 0 Å². The summed E-state index contributed by atoms with van der Waals surface area (Å²) in [6, 6.07) is 20.4. The molecule has 11 heteroatoms. The van der Waals surface area contributed by atoms with Crippen LogP contribution >= 0.6 is 12.4 Å². The predicted molar refractivity (Wildman–Crippen MR) is 146 cm³/mol. The second-order valence-corrected chi connectivity index (χ2v) is 9.92. The normalized spacial score (nSPS) is 10.9. The zero-order valence-electron chi connectivity index (χ0n) is 19.9. The van der Waals surface area contributed by atoms with Crippen LogP contribution in [0.1, 0.15) is 22.3 Å². The van der Waals surface area contributed by atoms with Gasteiger partial charge in [-0.3, -0.25) is 15.0 Å². The molecule has 0 aliphatic rings. The number of nitrogens with zero attached hydrogens (tertiary/aromatic N) is 1. The number of carbonyl (C=O) groups is 1. The highest BCUT2D eigenvalue weighted by Crippen LogP contribution is 2.23. The fraction of sp³-hybridized carbons (Fsp3) is 0.115. The van der Waals surface area contributed by atoms with Crippen LogP contribution in [0, 0.1) is 12.3 Å². The quantitative estimate of drug-likeness (QED) is 0.201. The number of hydrogen-bond acceptors (Lipinski definition) is 5. The van der Waals surface area contributed by atoms with Crippen molar-refractivity contribution in [2.24, 2.45) is 5.73 Å². The molecule has 4 rings (SSSR count). The number of fused-ring (bicyclic) bond motifs is 1. The first kappa shape index (κ1) is 27.4. The summed E-state index contributed by atoms with van der Waals surface area (Å²) in [5.41, 5.74) is 6.96. The number of hydrogen-bond donors (Lipinski definition) is 4. The van der Waals surface area contributed by atoms with Crippen molar-refractivity contribution in [1.29, 1.82) is 5.41 Å². The van der Waals surface area contributed by atoms with Crippen molar-refractivity contribution in [2.75, 3.05) is 4.83 Å². The van der Waals surface area contributed by atoms with Crippen molar-refractivity contribution in [1.82, 2.24) is 9.99 Å². The Hall–Kier alpha value is -4.15. The van der Waals surface area contributed by atoms with Gasteiger partial charge in [0, 0.05) is 29.3 Å². The summed E-state index contributed by atoms with van der Waals surface area (Å²) in [7, 11) is -4.09. The van der Waals surface area contributed by atoms with Gasteiger partial charge >= 0.3 is 0 Å². The van der Waals surface area contributed by atoms with Crippen LogP contribution in [0.5, 0.6) is 0 Å². The average molecular weight is 540 g/mol. The minimum absolute atomic E-state index is 0. The van der Waals surface area contributed by atoms with E-state index in [1.807, 2.05) is 6.07 Å². The molecule has 0 radical (unpaired) electrons. The van der Waals surface area contributed by atoms with E-state index in [9.17, 15) is 18.0 Å². The minimum atomic E-state index is -4.09. The Morgan fingerprint density at radius 1 is 1.00 bits per heavy atom. The van der Waals surface area contributed by atoms with Gasteiger partial charge in [-0.2, -0.15) is 8.42 Å². The topological polar surface area (TPSA) is 147 Å². The van der Waals surface area contributed by atoms with Crippen LogP contribution in [0.15, 0.2) is 88.7 Å². The number of nitrogens with two attached hydrogens (primary N) is 1. The fourth-order valence-corrected chi connectivity index (χ4v) is 5.02. The lowest BCUT2D eigenvalue weighted by molar-refractivity contribution is -0.120. The number of aryl methyl sites for hydroxylation is 1. The number of nitrogen functional groups attached to an aromatic ring is 1. The maximum absolute atomic E-state index is 13.1. The summed E-state index contributed by atoms with van der Waals surface area (Å²) in [6.45, 7) is 1.92. The molecule has 1 amide bonds. The molecule has 0 aliphatic heterocycles. The van der Waals surface area contributed by atoms with Gasteiger partial charge in [-0.05, 0) is 35.6 Å². The van der Waals surface area contributed by atoms with Crippen LogP contribution in [0.3, 0.4) is 0 Å². The van der Waals surface area contributed by atoms with E-state index in [1.165, 1.54) is 12.3 Å². The van der Waals surface area contributed by atoms with Crippen molar-refractivity contribution >= 4 is 44.9 Å². The molecule has 0 aliphatic carbocycles. The van der Waals surface area contributed by atoms with Crippen LogP contribution < -0.4 is 21.4 Å². The van der Waals surface area contributed by atoms with E-state index in [2.05, 4.69) is 10.1 Å². The monoisotopic (exact) mass is 539 g/mol. The molecule has 0 unspecified atom stereocenters. The third-order valence-electron chi connectivity index (χ3n) is 5.78. The van der Waals surface area contributed by atoms with Crippen LogP contribution in [-0.4, -0.2) is 24.8 Å². The van der Waals surface area contributed by atoms with Gasteiger partial charge in [-0.15, -0.1) is 12.4 Å². The number of sulfonamides is 1. The molecule has 192 valence electrons. The first-order chi connectivity index (χ1) is 17.2. The number of amidine groups is 1. The van der Waals surface area contributed by atoms with Gasteiger partial charge in [0.25, 0.3) is 15.6 Å². The number of amides is 1. The zero-order chi connectivity index (χ0) is 25.9. The van der Waals surface area contributed by atoms with Gasteiger partial charge in [0.2, 0.25) is 5.91 Å². The third-order valence-corrected chi connectivity index (χ3v) is 7.15. The lowest BCUT2D eigenvalue weighted by Gasteiger charge is -2.14. The molecular formula is C26H26ClN5O4S. The molecule has 5 N–H and O–H groups in total. The summed E-state index contributed by atoms with van der Waals surface area (Å²) in [5, 5.41) is 11.5. The van der Waals surface area contributed by atoms with Crippen molar-refractivity contribution in [2.45, 2.75) is 24.8 Å². The fourth-order valence-electron chi connectivity index (χ4n) is 3.79. The number of halogens is 1. The Balaban J connectivity index is 0.00000380. The highest BCUT2D eigenvalue weighted by Gasteiger charge is 2.20. The Bertz CT molecular complexity index is 1630. The van der Waals surface area contributed by atoms with Gasteiger partial charge in [0.05, 0.1) is 11.3 Å². The smallest absolute Gasteiger partial charge is 0.276 e. The largest absolute Gasteiger partial charge is 0.384 e. The molecule has 0 atom stereocenters. The molecule has 0 bridgehead atoms. The van der Waals surface area contributed by atoms with Gasteiger partial charge in [-0.1, -0.05) is 60.7 Å². The van der Waals surface area contributed by atoms with E-state index in [1.54, 1.807) is 67.6 Å². The molecule has 3 aromatic carbocycles. The Morgan fingerprint density at radius 3 is 2.38 bits per heavy atom. The van der Waals surface area contributed by atoms with Crippen LogP contribution in [0.25, 0.3) is 10.8 Å². The summed E-state index contributed by atoms with van der Waals surface area (Å²) < 4.78 is 27.2. The van der Waals surface area contributed by atoms with Crippen molar-refractivity contribution in [3.05, 3.63) is 112 Å². The van der Waals surface area contributed by atoms with E-state index < -0.39 is 15.6 Å². The highest BCUT2D eigenvalue weighted by molar-refractivity contribution is 7.92. The maximum atomic E-state index is 13.1. The SMILES string of the molecule is Cc1ccn(NS(=O)(=O)c2cccc3ccccc23)c(=O)c1CC(=O)NCc1ccc(C(=N)N)cc1.Cl. The second kappa shape index (κ2) is 11.3. The standard InChI is InChI=1S/C26H25N5O4S.ClH/c1-17-13-14-31(30-36(34,35)23-8-4-6-19-5-2-3-7-21(19)23)26(33)22(17)15-24(32)29-16-18-9-11-20(12-10-18)25(27)28;/h2-14,30H,15-16H2,1H3,(H3,27,28)(H,29,32);1H. The third kappa shape index (κ3) is 6.16. The van der Waals surface area contributed by atoms with E-state index >= 15 is 0 Å². The van der Waals surface area contributed by atoms with Crippen LogP contribution in [-0.2, 0) is 27.8 Å². The van der Waals surface area contributed by atoms with E-state index in [0.29, 0.717) is 16.5 Å². The highest BCUT2D eigenvalue weighted by atomic mass is 35.5. The first-order valence-electron chi connectivity index (χ1n) is 11.1. The van der Waals surface area contributed by atoms with Gasteiger partial charge in [0.15, 0.2) is 0 Å². The molecule has 1 aromatic heterocycles. The summed E-state index contributed by atoms with van der Waals surface area (Å²) in [6.07, 6.45) is 1.12. The Kier molecular flexibility index (Phi) is 8.36. The van der Waals surface area contributed by atoms with E-state index in [0.717, 1.165) is 15.6 Å². The van der Waals surface area contributed by atoms with Crippen LogP contribution in [0.2, 0.25) is 0 Å². The molecule has 4 aromatic rings. The molecule has 0 saturated heterocycles. The van der Waals surface area contributed by atoms with Crippen molar-refractivity contribution < 1.29 is 13.2 Å². The summed E-state index contributed by atoms with van der Waals surface area (Å²) >= 11 is 0. The Labute approximate surface area is 220 Å². The second-order valence-electron chi connectivity index (χ2n) is 8.29. The molecule has 37 heavy (non-hydrogen) atoms. The molecule has 0 spiro atoms. The molecule has 0 saturated carbocycles. The van der Waals surface area contributed by atoms with Gasteiger partial charge in [0.1, 0.15) is 5.84 Å². The van der Waals surface area contributed by atoms with E-state index in [-0.39, 0.29) is 47.6 Å². The number of rotatable bonds is 8. The summed E-state index contributed by atoms with van der Waals surface area (Å²) in [4.78, 5) is 28.0. The lowest BCUT2D eigenvalue weighted by atomic mass is 10.1. The average Bonchev–Trinajstić information content (AvgIpc) is 2.87. The number of pyridine rings is 1. The van der Waals surface area contributed by atoms with Crippen molar-refractivity contribution in [3.8, 4) is 0 Å². The van der Waals surface area contributed by atoms with Crippen LogP contribution in [0.4, 0.5) is 0 Å². The summed E-state index contributed by atoms with van der Waals surface area (Å²) in [5.74, 6) is -0.432. The predicted octanol–water partition coefficient (Wildman–Crippen LogP) is 2.81. The Morgan fingerprint density at radius 2 is 1.68 bits per heavy atom. The number of nitrogens with one attached hydrogen (secondary N) is 3. The maximum Gasteiger partial charge on any atom is 0.276 e. The van der Waals surface area contributed by atoms with Gasteiger partial charge in [-0.25, -0.2) is 9.51 Å². The first-order valence-corrected chi connectivity index (χ1v) is 12.6. The minimum Gasteiger partial charge on any atom is -0.384 e. The van der Waals surface area contributed by atoms with E-state index in [4.69, 9.17) is 11.1 Å². The lowest BCUT2D eigenvalue weighted by Crippen LogP contribution is -2.36. The number of benzene rings is 3. The molecule has 0 fully saturated rings. The number of carbonyl (C=O) groups excluding carboxylic acids is 1. The van der Waals surface area contributed by atoms with Gasteiger partial charge < -0.3 is 11.1 Å². The molecule has 9 nitrogen and oxygen atoms in total. The number of aromatic nitrogens is 1. The molecule has 1 heterocycles. The molecular weight excluding hydrogens is 514 g/mol. The zero-order valence-corrected chi connectivity index (χ0v) is 21.5.